The number of likely N-dealkylation sites (N-methyl/N-ethyl adjacent to an activating group) is 1. The highest BCUT2D eigenvalue weighted by molar-refractivity contribution is 5.98. The molecule has 0 radical (unpaired) electrons. The minimum atomic E-state index is -1.78. The molecule has 1 saturated heterocycles. The summed E-state index contributed by atoms with van der Waals surface area (Å²) in [5.41, 5.74) is 5.77. The van der Waals surface area contributed by atoms with E-state index >= 15 is 0 Å². The third-order valence-corrected chi connectivity index (χ3v) is 7.43. The van der Waals surface area contributed by atoms with Gasteiger partial charge in [-0.15, -0.1) is 0 Å². The largest absolute Gasteiger partial charge is 0.547 e. The lowest BCUT2D eigenvalue weighted by Gasteiger charge is -2.47. The van der Waals surface area contributed by atoms with Crippen LogP contribution in [0.4, 0.5) is 0 Å². The highest BCUT2D eigenvalue weighted by Gasteiger charge is 2.50. The van der Waals surface area contributed by atoms with Crippen LogP contribution < -0.4 is 9.84 Å². The first-order chi connectivity index (χ1) is 19.1. The summed E-state index contributed by atoms with van der Waals surface area (Å²) in [5.74, 6) is -0.996. The van der Waals surface area contributed by atoms with Crippen molar-refractivity contribution in [2.24, 2.45) is 0 Å². The molecule has 212 valence electrons. The van der Waals surface area contributed by atoms with E-state index in [-0.39, 0.29) is 11.1 Å². The van der Waals surface area contributed by atoms with E-state index in [0.717, 1.165) is 23.1 Å². The zero-order valence-electron chi connectivity index (χ0n) is 23.0. The number of rotatable bonds is 10. The molecular weight excluding hydrogens is 510 g/mol. The lowest BCUT2D eigenvalue weighted by Crippen LogP contribution is -2.69. The predicted octanol–water partition coefficient (Wildman–Crippen LogP) is 2.07. The first kappa shape index (κ1) is 29.5. The Kier molecular flexibility index (Phi) is 9.40. The van der Waals surface area contributed by atoms with Crippen molar-refractivity contribution in [1.82, 2.24) is 0 Å². The van der Waals surface area contributed by atoms with Gasteiger partial charge in [0.15, 0.2) is 6.10 Å². The minimum Gasteiger partial charge on any atom is -0.547 e. The van der Waals surface area contributed by atoms with Gasteiger partial charge < -0.3 is 34.7 Å². The number of nitrogens with zero attached hydrogens (tertiary/aromatic N) is 1. The van der Waals surface area contributed by atoms with Crippen molar-refractivity contribution in [1.29, 1.82) is 0 Å². The number of carboxylic acid groups (broad SMARTS) is 1. The number of aliphatic hydroxyl groups is 3. The number of aliphatic carboxylic acids is 1. The summed E-state index contributed by atoms with van der Waals surface area (Å²) in [6.07, 6.45) is -6.93. The molecule has 1 heterocycles. The molecule has 4 rings (SSSR count). The van der Waals surface area contributed by atoms with Crippen LogP contribution in [0, 0.1) is 0 Å². The molecule has 40 heavy (non-hydrogen) atoms. The monoisotopic (exact) mass is 547 g/mol. The Balaban J connectivity index is 1.50. The molecule has 1 fully saturated rings. The smallest absolute Gasteiger partial charge is 0.222 e. The average molecular weight is 548 g/mol. The fourth-order valence-electron chi connectivity index (χ4n) is 5.16. The van der Waals surface area contributed by atoms with Gasteiger partial charge >= 0.3 is 0 Å². The summed E-state index contributed by atoms with van der Waals surface area (Å²) in [6, 6.07) is 28.5. The maximum absolute atomic E-state index is 11.4. The number of carboxylic acids is 1. The Morgan fingerprint density at radius 3 is 1.93 bits per heavy atom. The first-order valence-corrected chi connectivity index (χ1v) is 13.4. The van der Waals surface area contributed by atoms with Crippen molar-refractivity contribution in [2.45, 2.75) is 44.0 Å². The second kappa shape index (κ2) is 12.8. The van der Waals surface area contributed by atoms with Crippen molar-refractivity contribution in [2.75, 3.05) is 27.2 Å². The van der Waals surface area contributed by atoms with E-state index in [2.05, 4.69) is 31.2 Å². The van der Waals surface area contributed by atoms with Crippen LogP contribution in [-0.4, -0.2) is 83.7 Å². The van der Waals surface area contributed by atoms with Crippen LogP contribution >= 0.6 is 0 Å². The fraction of sp³-hybridized carbons (Fsp3) is 0.344. The SMILES string of the molecule is CC/C(=C(\c1ccccc1)c1ccc(OCC[N+](C)(C)[C@@H]2O[C@H](C(=O)[O-])[C@@H](O)C(O)C2O)cc1)c1ccccc1. The van der Waals surface area contributed by atoms with E-state index in [9.17, 15) is 25.2 Å². The van der Waals surface area contributed by atoms with Gasteiger partial charge in [0.25, 0.3) is 0 Å². The number of carbonyl (C=O) groups is 1. The second-order valence-electron chi connectivity index (χ2n) is 10.6. The quantitative estimate of drug-likeness (QED) is 0.263. The summed E-state index contributed by atoms with van der Waals surface area (Å²) in [5, 5.41) is 42.0. The van der Waals surface area contributed by atoms with Gasteiger partial charge in [0.2, 0.25) is 6.23 Å². The molecule has 5 atom stereocenters. The first-order valence-electron chi connectivity index (χ1n) is 13.4. The van der Waals surface area contributed by atoms with Gasteiger partial charge in [0.05, 0.1) is 20.1 Å². The molecule has 1 aliphatic heterocycles. The summed E-state index contributed by atoms with van der Waals surface area (Å²) in [7, 11) is 3.45. The van der Waals surface area contributed by atoms with Crippen LogP contribution in [0.2, 0.25) is 0 Å². The van der Waals surface area contributed by atoms with Gasteiger partial charge in [-0.25, -0.2) is 0 Å². The summed E-state index contributed by atoms with van der Waals surface area (Å²) in [4.78, 5) is 11.4. The lowest BCUT2D eigenvalue weighted by atomic mass is 9.88. The number of allylic oxidation sites excluding steroid dienone is 1. The van der Waals surface area contributed by atoms with E-state index in [1.807, 2.05) is 60.7 Å². The number of benzene rings is 3. The standard InChI is InChI=1S/C32H37NO7/c1-4-25(21-11-7-5-8-12-21)26(22-13-9-6-10-14-22)23-15-17-24(18-16-23)39-20-19-33(2,3)31-29(36)27(34)28(35)30(40-31)32(37)38/h5-18,27-31,34-36H,4,19-20H2,1-3H3/b26-25-/t27?,28-,29?,30-,31+/m0/s1. The van der Waals surface area contributed by atoms with Crippen molar-refractivity contribution < 1.29 is 39.2 Å². The number of ether oxygens (including phenoxy) is 2. The van der Waals surface area contributed by atoms with E-state index in [1.54, 1.807) is 14.1 Å². The molecule has 1 aliphatic rings. The maximum atomic E-state index is 11.4. The number of aliphatic hydroxyl groups excluding tert-OH is 3. The van der Waals surface area contributed by atoms with Crippen molar-refractivity contribution in [3.8, 4) is 5.75 Å². The molecule has 8 nitrogen and oxygen atoms in total. The van der Waals surface area contributed by atoms with Crippen molar-refractivity contribution in [3.63, 3.8) is 0 Å². The van der Waals surface area contributed by atoms with E-state index in [0.29, 0.717) is 12.3 Å². The number of hydrogen-bond donors (Lipinski definition) is 3. The van der Waals surface area contributed by atoms with Gasteiger partial charge in [-0.3, -0.25) is 4.48 Å². The predicted molar refractivity (Wildman–Crippen MR) is 150 cm³/mol. The average Bonchev–Trinajstić information content (AvgIpc) is 2.95. The van der Waals surface area contributed by atoms with Gasteiger partial charge in [-0.05, 0) is 46.4 Å². The maximum Gasteiger partial charge on any atom is 0.222 e. The van der Waals surface area contributed by atoms with Crippen LogP contribution in [0.1, 0.15) is 30.0 Å². The second-order valence-corrected chi connectivity index (χ2v) is 10.6. The zero-order valence-corrected chi connectivity index (χ0v) is 23.0. The Labute approximate surface area is 234 Å². The van der Waals surface area contributed by atoms with Crippen LogP contribution in [0.15, 0.2) is 84.9 Å². The van der Waals surface area contributed by atoms with Crippen LogP contribution in [-0.2, 0) is 9.53 Å². The Hall–Kier alpha value is -3.53. The third kappa shape index (κ3) is 6.43. The third-order valence-electron chi connectivity index (χ3n) is 7.43. The zero-order chi connectivity index (χ0) is 28.9. The van der Waals surface area contributed by atoms with E-state index < -0.39 is 36.6 Å². The Bertz CT molecular complexity index is 1290. The van der Waals surface area contributed by atoms with Gasteiger partial charge in [-0.2, -0.15) is 0 Å². The molecule has 8 heteroatoms. The molecule has 0 amide bonds. The molecule has 0 bridgehead atoms. The minimum absolute atomic E-state index is 0.00929. The fourth-order valence-corrected chi connectivity index (χ4v) is 5.16. The van der Waals surface area contributed by atoms with Crippen molar-refractivity contribution in [3.05, 3.63) is 102 Å². The van der Waals surface area contributed by atoms with E-state index in [1.165, 1.54) is 11.1 Å². The van der Waals surface area contributed by atoms with Gasteiger partial charge in [0.1, 0.15) is 37.2 Å². The summed E-state index contributed by atoms with van der Waals surface area (Å²) >= 11 is 0. The summed E-state index contributed by atoms with van der Waals surface area (Å²) < 4.78 is 11.4. The number of hydrogen-bond acceptors (Lipinski definition) is 7. The Morgan fingerprint density at radius 2 is 1.38 bits per heavy atom. The van der Waals surface area contributed by atoms with Gasteiger partial charge in [0, 0.05) is 0 Å². The Morgan fingerprint density at radius 1 is 0.825 bits per heavy atom. The highest BCUT2D eigenvalue weighted by Crippen LogP contribution is 2.35. The van der Waals surface area contributed by atoms with Gasteiger partial charge in [-0.1, -0.05) is 79.7 Å². The van der Waals surface area contributed by atoms with Crippen LogP contribution in [0.5, 0.6) is 5.75 Å². The molecule has 0 aromatic heterocycles. The number of carbonyl (C=O) groups excluding carboxylic acids is 1. The molecule has 3 N–H and O–H groups in total. The lowest BCUT2D eigenvalue weighted by molar-refractivity contribution is -0.944. The van der Waals surface area contributed by atoms with Crippen LogP contribution in [0.25, 0.3) is 11.1 Å². The van der Waals surface area contributed by atoms with Crippen LogP contribution in [0.3, 0.4) is 0 Å². The molecule has 3 aromatic carbocycles. The van der Waals surface area contributed by atoms with Crippen molar-refractivity contribution >= 4 is 17.1 Å². The summed E-state index contributed by atoms with van der Waals surface area (Å²) in [6.45, 7) is 2.72. The number of quaternary nitrogens is 1. The molecule has 0 aliphatic carbocycles. The molecule has 3 aromatic rings. The van der Waals surface area contributed by atoms with E-state index in [4.69, 9.17) is 9.47 Å². The molecule has 2 unspecified atom stereocenters. The molecule has 0 saturated carbocycles. The molecule has 0 spiro atoms. The normalized spacial score (nSPS) is 23.8. The highest BCUT2D eigenvalue weighted by atomic mass is 16.6. The molecular formula is C32H37NO7. The topological polar surface area (TPSA) is 119 Å².